The number of carbonyl (C=O) groups is 1. The molecule has 126 valence electrons. The molecule has 0 saturated carbocycles. The second kappa shape index (κ2) is 7.53. The quantitative estimate of drug-likeness (QED) is 0.666. The largest absolute Gasteiger partial charge is 0.497 e. The average molecular weight is 333 g/mol. The monoisotopic (exact) mass is 333 g/mol. The van der Waals surface area contributed by atoms with Crippen LogP contribution in [0.2, 0.25) is 0 Å². The first-order valence-corrected chi connectivity index (χ1v) is 7.90. The van der Waals surface area contributed by atoms with Crippen LogP contribution in [-0.4, -0.2) is 20.0 Å². The molecule has 0 aliphatic rings. The molecule has 3 aromatic carbocycles. The predicted octanol–water partition coefficient (Wildman–Crippen LogP) is 4.68. The zero-order chi connectivity index (χ0) is 17.6. The number of nitrogens with one attached hydrogen (secondary N) is 1. The summed E-state index contributed by atoms with van der Waals surface area (Å²) >= 11 is 0. The van der Waals surface area contributed by atoms with E-state index in [2.05, 4.69) is 5.32 Å². The number of ketones is 1. The summed E-state index contributed by atoms with van der Waals surface area (Å²) in [5.74, 6) is 1.47. The highest BCUT2D eigenvalue weighted by atomic mass is 16.5. The van der Waals surface area contributed by atoms with Crippen molar-refractivity contribution >= 4 is 17.2 Å². The lowest BCUT2D eigenvalue weighted by atomic mass is 10.0. The van der Waals surface area contributed by atoms with Gasteiger partial charge in [-0.15, -0.1) is 0 Å². The van der Waals surface area contributed by atoms with Gasteiger partial charge in [0.1, 0.15) is 11.5 Å². The maximum absolute atomic E-state index is 12.5. The molecule has 3 aromatic rings. The van der Waals surface area contributed by atoms with Crippen molar-refractivity contribution in [3.05, 3.63) is 83.9 Å². The molecule has 0 aliphatic carbocycles. The lowest BCUT2D eigenvalue weighted by Crippen LogP contribution is -2.01. The van der Waals surface area contributed by atoms with E-state index < -0.39 is 0 Å². The summed E-state index contributed by atoms with van der Waals surface area (Å²) in [6, 6.07) is 22.2. The molecule has 0 aliphatic heterocycles. The number of ether oxygens (including phenoxy) is 2. The first-order valence-electron chi connectivity index (χ1n) is 7.90. The van der Waals surface area contributed by atoms with Crippen LogP contribution < -0.4 is 14.8 Å². The van der Waals surface area contributed by atoms with E-state index in [4.69, 9.17) is 9.47 Å². The van der Waals surface area contributed by atoms with Gasteiger partial charge >= 0.3 is 0 Å². The van der Waals surface area contributed by atoms with Crippen molar-refractivity contribution in [2.24, 2.45) is 0 Å². The molecule has 0 aromatic heterocycles. The van der Waals surface area contributed by atoms with E-state index in [0.717, 1.165) is 22.9 Å². The maximum atomic E-state index is 12.5. The van der Waals surface area contributed by atoms with Gasteiger partial charge in [-0.3, -0.25) is 4.79 Å². The maximum Gasteiger partial charge on any atom is 0.193 e. The summed E-state index contributed by atoms with van der Waals surface area (Å²) in [6.07, 6.45) is 0. The summed E-state index contributed by atoms with van der Waals surface area (Å²) in [7, 11) is 3.24. The molecule has 0 atom stereocenters. The van der Waals surface area contributed by atoms with E-state index >= 15 is 0 Å². The van der Waals surface area contributed by atoms with Crippen LogP contribution in [0.5, 0.6) is 11.5 Å². The molecule has 1 N–H and O–H groups in total. The topological polar surface area (TPSA) is 47.6 Å². The minimum absolute atomic E-state index is 0.0218. The van der Waals surface area contributed by atoms with Crippen LogP contribution in [0.1, 0.15) is 15.9 Å². The second-order valence-electron chi connectivity index (χ2n) is 5.46. The Morgan fingerprint density at radius 1 is 0.760 bits per heavy atom. The van der Waals surface area contributed by atoms with Gasteiger partial charge in [-0.2, -0.15) is 0 Å². The van der Waals surface area contributed by atoms with Crippen LogP contribution in [0.15, 0.2) is 72.8 Å². The van der Waals surface area contributed by atoms with E-state index in [0.29, 0.717) is 11.1 Å². The molecular weight excluding hydrogens is 314 g/mol. The third kappa shape index (κ3) is 3.80. The third-order valence-electron chi connectivity index (χ3n) is 3.89. The molecule has 0 saturated heterocycles. The van der Waals surface area contributed by atoms with Gasteiger partial charge in [0.15, 0.2) is 5.78 Å². The number of carbonyl (C=O) groups excluding carboxylic acids is 1. The van der Waals surface area contributed by atoms with Crippen LogP contribution in [0.3, 0.4) is 0 Å². The number of anilines is 2. The van der Waals surface area contributed by atoms with E-state index in [1.165, 1.54) is 0 Å². The van der Waals surface area contributed by atoms with Crippen molar-refractivity contribution in [1.82, 2.24) is 0 Å². The minimum atomic E-state index is -0.0218. The molecule has 0 amide bonds. The summed E-state index contributed by atoms with van der Waals surface area (Å²) in [5, 5.41) is 3.29. The van der Waals surface area contributed by atoms with E-state index in [-0.39, 0.29) is 5.78 Å². The Labute approximate surface area is 147 Å². The highest BCUT2D eigenvalue weighted by molar-refractivity contribution is 6.09. The van der Waals surface area contributed by atoms with Crippen molar-refractivity contribution in [2.75, 3.05) is 19.5 Å². The van der Waals surface area contributed by atoms with Crippen LogP contribution >= 0.6 is 0 Å². The summed E-state index contributed by atoms with van der Waals surface area (Å²) < 4.78 is 10.4. The molecule has 0 spiro atoms. The number of rotatable bonds is 6. The number of benzene rings is 3. The molecule has 3 rings (SSSR count). The Balaban J connectivity index is 1.76. The van der Waals surface area contributed by atoms with E-state index in [1.54, 1.807) is 38.5 Å². The fraction of sp³-hybridized carbons (Fsp3) is 0.0952. The fourth-order valence-electron chi connectivity index (χ4n) is 2.52. The van der Waals surface area contributed by atoms with Crippen molar-refractivity contribution in [3.63, 3.8) is 0 Å². The Hall–Kier alpha value is -3.27. The second-order valence-corrected chi connectivity index (χ2v) is 5.46. The first-order chi connectivity index (χ1) is 12.2. The lowest BCUT2D eigenvalue weighted by molar-refractivity contribution is 0.103. The SMILES string of the molecule is COc1ccc(C(=O)c2ccc(Nc3ccccc3OC)cc2)cc1. The Morgan fingerprint density at radius 3 is 1.96 bits per heavy atom. The van der Waals surface area contributed by atoms with Crippen LogP contribution in [0, 0.1) is 0 Å². The van der Waals surface area contributed by atoms with Gasteiger partial charge < -0.3 is 14.8 Å². The van der Waals surface area contributed by atoms with Gasteiger partial charge in [0, 0.05) is 16.8 Å². The Kier molecular flexibility index (Phi) is 5.00. The smallest absolute Gasteiger partial charge is 0.193 e. The Morgan fingerprint density at radius 2 is 1.36 bits per heavy atom. The zero-order valence-corrected chi connectivity index (χ0v) is 14.2. The fourth-order valence-corrected chi connectivity index (χ4v) is 2.52. The molecule has 0 fully saturated rings. The predicted molar refractivity (Wildman–Crippen MR) is 99.1 cm³/mol. The van der Waals surface area contributed by atoms with E-state index in [9.17, 15) is 4.79 Å². The molecule has 0 bridgehead atoms. The van der Waals surface area contributed by atoms with Crippen molar-refractivity contribution < 1.29 is 14.3 Å². The van der Waals surface area contributed by atoms with Gasteiger partial charge in [0.25, 0.3) is 0 Å². The van der Waals surface area contributed by atoms with Crippen LogP contribution in [0.4, 0.5) is 11.4 Å². The molecule has 25 heavy (non-hydrogen) atoms. The van der Waals surface area contributed by atoms with Crippen LogP contribution in [-0.2, 0) is 0 Å². The lowest BCUT2D eigenvalue weighted by Gasteiger charge is -2.11. The van der Waals surface area contributed by atoms with Gasteiger partial charge in [-0.25, -0.2) is 0 Å². The highest BCUT2D eigenvalue weighted by Gasteiger charge is 2.09. The Bertz CT molecular complexity index is 855. The summed E-state index contributed by atoms with van der Waals surface area (Å²) in [5.41, 5.74) is 3.02. The van der Waals surface area contributed by atoms with Crippen molar-refractivity contribution in [1.29, 1.82) is 0 Å². The number of hydrogen-bond acceptors (Lipinski definition) is 4. The molecule has 0 radical (unpaired) electrons. The van der Waals surface area contributed by atoms with Gasteiger partial charge in [-0.05, 0) is 60.7 Å². The van der Waals surface area contributed by atoms with Crippen molar-refractivity contribution in [3.8, 4) is 11.5 Å². The van der Waals surface area contributed by atoms with E-state index in [1.807, 2.05) is 48.5 Å². The van der Waals surface area contributed by atoms with Gasteiger partial charge in [-0.1, -0.05) is 12.1 Å². The molecular formula is C21H19NO3. The molecule has 4 nitrogen and oxygen atoms in total. The normalized spacial score (nSPS) is 10.2. The standard InChI is InChI=1S/C21H19NO3/c1-24-18-13-9-16(10-14-18)21(23)15-7-11-17(12-8-15)22-19-5-3-4-6-20(19)25-2/h3-14,22H,1-2H3. The number of hydrogen-bond donors (Lipinski definition) is 1. The van der Waals surface area contributed by atoms with Gasteiger partial charge in [0.05, 0.1) is 19.9 Å². The van der Waals surface area contributed by atoms with Crippen molar-refractivity contribution in [2.45, 2.75) is 0 Å². The molecule has 0 heterocycles. The number of methoxy groups -OCH3 is 2. The number of para-hydroxylation sites is 2. The minimum Gasteiger partial charge on any atom is -0.497 e. The molecule has 0 unspecified atom stereocenters. The molecule has 4 heteroatoms. The highest BCUT2D eigenvalue weighted by Crippen LogP contribution is 2.27. The van der Waals surface area contributed by atoms with Crippen LogP contribution in [0.25, 0.3) is 0 Å². The zero-order valence-electron chi connectivity index (χ0n) is 14.2. The third-order valence-corrected chi connectivity index (χ3v) is 3.89. The summed E-state index contributed by atoms with van der Waals surface area (Å²) in [4.78, 5) is 12.5. The first kappa shape index (κ1) is 16.6. The van der Waals surface area contributed by atoms with Gasteiger partial charge in [0.2, 0.25) is 0 Å². The summed E-state index contributed by atoms with van der Waals surface area (Å²) in [6.45, 7) is 0. The average Bonchev–Trinajstić information content (AvgIpc) is 2.68.